The number of aryl methyl sites for hydroxylation is 1. The van der Waals surface area contributed by atoms with Gasteiger partial charge in [0.05, 0.1) is 12.2 Å². The topological polar surface area (TPSA) is 65.4 Å². The number of benzene rings is 1. The highest BCUT2D eigenvalue weighted by atomic mass is 16.5. The van der Waals surface area contributed by atoms with Crippen LogP contribution in [0.15, 0.2) is 36.7 Å². The van der Waals surface area contributed by atoms with Gasteiger partial charge >= 0.3 is 0 Å². The van der Waals surface area contributed by atoms with Crippen LogP contribution >= 0.6 is 0 Å². The quantitative estimate of drug-likeness (QED) is 0.933. The first kappa shape index (κ1) is 14.3. The largest absolute Gasteiger partial charge is 0.492 e. The Balaban J connectivity index is 1.48. The maximum Gasteiger partial charge on any atom is 0.231 e. The first-order chi connectivity index (χ1) is 11.2. The summed E-state index contributed by atoms with van der Waals surface area (Å²) in [6, 6.07) is 7.68. The van der Waals surface area contributed by atoms with Gasteiger partial charge in [0.15, 0.2) is 0 Å². The third kappa shape index (κ3) is 2.59. The Hall–Kier alpha value is -2.34. The summed E-state index contributed by atoms with van der Waals surface area (Å²) < 4.78 is 13.2. The fourth-order valence-electron chi connectivity index (χ4n) is 3.32. The van der Waals surface area contributed by atoms with E-state index in [0.717, 1.165) is 23.3 Å². The summed E-state index contributed by atoms with van der Waals surface area (Å²) in [5, 5.41) is 7.32. The molecule has 1 amide bonds. The molecule has 3 heterocycles. The molecule has 4 rings (SSSR count). The molecule has 2 aliphatic heterocycles. The Bertz CT molecular complexity index is 727. The average Bonchev–Trinajstić information content (AvgIpc) is 3.25. The highest BCUT2D eigenvalue weighted by molar-refractivity contribution is 5.85. The molecular formula is C17H19N3O3. The predicted octanol–water partition coefficient (Wildman–Crippen LogP) is 1.54. The molecule has 0 spiro atoms. The second kappa shape index (κ2) is 5.70. The summed E-state index contributed by atoms with van der Waals surface area (Å²) in [5.74, 6) is 0.555. The van der Waals surface area contributed by atoms with Crippen LogP contribution in [-0.4, -0.2) is 34.9 Å². The number of rotatable bonds is 3. The van der Waals surface area contributed by atoms with E-state index in [2.05, 4.69) is 10.4 Å². The molecular weight excluding hydrogens is 294 g/mol. The van der Waals surface area contributed by atoms with Crippen LogP contribution < -0.4 is 10.1 Å². The third-order valence-corrected chi connectivity index (χ3v) is 4.49. The van der Waals surface area contributed by atoms with Crippen molar-refractivity contribution in [1.82, 2.24) is 15.1 Å². The van der Waals surface area contributed by atoms with Crippen molar-refractivity contribution in [2.75, 3.05) is 13.2 Å². The van der Waals surface area contributed by atoms with Crippen molar-refractivity contribution in [2.45, 2.75) is 24.5 Å². The number of para-hydroxylation sites is 1. The predicted molar refractivity (Wildman–Crippen MR) is 83.1 cm³/mol. The molecule has 0 bridgehead atoms. The molecule has 0 saturated carbocycles. The molecule has 1 unspecified atom stereocenters. The van der Waals surface area contributed by atoms with Gasteiger partial charge in [0.25, 0.3) is 0 Å². The minimum absolute atomic E-state index is 0.000611. The zero-order chi connectivity index (χ0) is 15.8. The lowest BCUT2D eigenvalue weighted by molar-refractivity contribution is -0.123. The van der Waals surface area contributed by atoms with Crippen molar-refractivity contribution in [2.24, 2.45) is 7.05 Å². The molecule has 1 fully saturated rings. The van der Waals surface area contributed by atoms with Gasteiger partial charge in [0.1, 0.15) is 24.4 Å². The SMILES string of the molecule is Cn1cc([C@H]2OCC[C@@H]2NC(=O)C2COc3ccccc32)cn1. The standard InChI is InChI=1S/C17H19N3O3/c1-20-9-11(8-18-20)16-14(6-7-22-16)19-17(21)13-10-23-15-5-3-2-4-12(13)15/h2-5,8-9,13-14,16H,6-7,10H2,1H3,(H,19,21)/t13?,14-,16+/m0/s1. The van der Waals surface area contributed by atoms with Crippen molar-refractivity contribution in [3.8, 4) is 5.75 Å². The Morgan fingerprint density at radius 1 is 1.39 bits per heavy atom. The summed E-state index contributed by atoms with van der Waals surface area (Å²) >= 11 is 0. The Morgan fingerprint density at radius 2 is 2.26 bits per heavy atom. The fraction of sp³-hybridized carbons (Fsp3) is 0.412. The minimum atomic E-state index is -0.249. The fourth-order valence-corrected chi connectivity index (χ4v) is 3.32. The van der Waals surface area contributed by atoms with Crippen molar-refractivity contribution in [1.29, 1.82) is 0 Å². The number of fused-ring (bicyclic) bond motifs is 1. The monoisotopic (exact) mass is 313 g/mol. The molecule has 6 heteroatoms. The molecule has 6 nitrogen and oxygen atoms in total. The second-order valence-electron chi connectivity index (χ2n) is 6.04. The van der Waals surface area contributed by atoms with Gasteiger partial charge in [-0.15, -0.1) is 0 Å². The maximum atomic E-state index is 12.7. The van der Waals surface area contributed by atoms with Crippen molar-refractivity contribution >= 4 is 5.91 Å². The van der Waals surface area contributed by atoms with Gasteiger partial charge in [-0.3, -0.25) is 9.48 Å². The molecule has 1 saturated heterocycles. The molecule has 120 valence electrons. The van der Waals surface area contributed by atoms with Crippen molar-refractivity contribution < 1.29 is 14.3 Å². The van der Waals surface area contributed by atoms with Gasteiger partial charge in [-0.05, 0) is 12.5 Å². The highest BCUT2D eigenvalue weighted by Gasteiger charge is 2.36. The highest BCUT2D eigenvalue weighted by Crippen LogP contribution is 2.35. The molecule has 0 aliphatic carbocycles. The minimum Gasteiger partial charge on any atom is -0.492 e. The Labute approximate surface area is 134 Å². The molecule has 2 aromatic rings. The number of hydrogen-bond donors (Lipinski definition) is 1. The Kier molecular flexibility index (Phi) is 3.53. The number of ether oxygens (including phenoxy) is 2. The van der Waals surface area contributed by atoms with Crippen LogP contribution in [0.2, 0.25) is 0 Å². The maximum absolute atomic E-state index is 12.7. The van der Waals surface area contributed by atoms with E-state index in [4.69, 9.17) is 9.47 Å². The molecule has 1 N–H and O–H groups in total. The zero-order valence-corrected chi connectivity index (χ0v) is 12.9. The van der Waals surface area contributed by atoms with E-state index in [9.17, 15) is 4.79 Å². The van der Waals surface area contributed by atoms with Gasteiger partial charge in [-0.1, -0.05) is 18.2 Å². The summed E-state index contributed by atoms with van der Waals surface area (Å²) in [7, 11) is 1.87. The van der Waals surface area contributed by atoms with Crippen molar-refractivity contribution in [3.05, 3.63) is 47.8 Å². The number of aromatic nitrogens is 2. The van der Waals surface area contributed by atoms with Crippen LogP contribution in [0.4, 0.5) is 0 Å². The lowest BCUT2D eigenvalue weighted by atomic mass is 9.98. The van der Waals surface area contributed by atoms with Gasteiger partial charge < -0.3 is 14.8 Å². The summed E-state index contributed by atoms with van der Waals surface area (Å²) in [5.41, 5.74) is 1.96. The average molecular weight is 313 g/mol. The van der Waals surface area contributed by atoms with E-state index < -0.39 is 0 Å². The van der Waals surface area contributed by atoms with E-state index in [1.54, 1.807) is 10.9 Å². The van der Waals surface area contributed by atoms with Gasteiger partial charge in [0.2, 0.25) is 5.91 Å². The second-order valence-corrected chi connectivity index (χ2v) is 6.04. The summed E-state index contributed by atoms with van der Waals surface area (Å²) in [4.78, 5) is 12.7. The van der Waals surface area contributed by atoms with E-state index in [1.807, 2.05) is 37.5 Å². The van der Waals surface area contributed by atoms with E-state index in [1.165, 1.54) is 0 Å². The number of carbonyl (C=O) groups is 1. The zero-order valence-electron chi connectivity index (χ0n) is 12.9. The van der Waals surface area contributed by atoms with Gasteiger partial charge in [-0.25, -0.2) is 0 Å². The molecule has 1 aromatic carbocycles. The number of amides is 1. The third-order valence-electron chi connectivity index (χ3n) is 4.49. The summed E-state index contributed by atoms with van der Waals surface area (Å²) in [6.07, 6.45) is 4.40. The normalized spacial score (nSPS) is 25.9. The number of nitrogens with one attached hydrogen (secondary N) is 1. The first-order valence-corrected chi connectivity index (χ1v) is 7.84. The van der Waals surface area contributed by atoms with Crippen LogP contribution in [0.5, 0.6) is 5.75 Å². The van der Waals surface area contributed by atoms with E-state index in [0.29, 0.717) is 13.2 Å². The van der Waals surface area contributed by atoms with E-state index >= 15 is 0 Å². The molecule has 2 aliphatic rings. The van der Waals surface area contributed by atoms with Gasteiger partial charge in [-0.2, -0.15) is 5.10 Å². The smallest absolute Gasteiger partial charge is 0.231 e. The molecule has 3 atom stereocenters. The van der Waals surface area contributed by atoms with Crippen LogP contribution in [0.25, 0.3) is 0 Å². The lowest BCUT2D eigenvalue weighted by Gasteiger charge is -2.20. The van der Waals surface area contributed by atoms with Crippen LogP contribution in [-0.2, 0) is 16.6 Å². The van der Waals surface area contributed by atoms with E-state index in [-0.39, 0.29) is 24.0 Å². The number of nitrogens with zero attached hydrogens (tertiary/aromatic N) is 2. The molecule has 23 heavy (non-hydrogen) atoms. The molecule has 1 aromatic heterocycles. The lowest BCUT2D eigenvalue weighted by Crippen LogP contribution is -2.40. The summed E-state index contributed by atoms with van der Waals surface area (Å²) in [6.45, 7) is 1.04. The molecule has 0 radical (unpaired) electrons. The van der Waals surface area contributed by atoms with Crippen LogP contribution in [0.1, 0.15) is 29.6 Å². The van der Waals surface area contributed by atoms with Crippen molar-refractivity contribution in [3.63, 3.8) is 0 Å². The van der Waals surface area contributed by atoms with Crippen LogP contribution in [0, 0.1) is 0 Å². The number of hydrogen-bond acceptors (Lipinski definition) is 4. The number of carbonyl (C=O) groups excluding carboxylic acids is 1. The van der Waals surface area contributed by atoms with Gasteiger partial charge in [0, 0.05) is 31.0 Å². The first-order valence-electron chi connectivity index (χ1n) is 7.84. The Morgan fingerprint density at radius 3 is 3.09 bits per heavy atom. The van der Waals surface area contributed by atoms with Crippen LogP contribution in [0.3, 0.4) is 0 Å².